The highest BCUT2D eigenvalue weighted by Crippen LogP contribution is 2.22. The maximum atomic E-state index is 5.66. The molecule has 0 atom stereocenters. The summed E-state index contributed by atoms with van der Waals surface area (Å²) >= 11 is 0. The van der Waals surface area contributed by atoms with Crippen LogP contribution in [-0.2, 0) is 6.54 Å². The number of anilines is 1. The van der Waals surface area contributed by atoms with Crippen LogP contribution >= 0.6 is 0 Å². The van der Waals surface area contributed by atoms with Gasteiger partial charge in [-0.15, -0.1) is 0 Å². The highest BCUT2D eigenvalue weighted by Gasteiger charge is 2.20. The largest absolute Gasteiger partial charge is 0.497 e. The van der Waals surface area contributed by atoms with Gasteiger partial charge in [0.2, 0.25) is 5.89 Å². The quantitative estimate of drug-likeness (QED) is 0.504. The normalized spacial score (nSPS) is 14.6. The van der Waals surface area contributed by atoms with Crippen LogP contribution in [0.3, 0.4) is 0 Å². The van der Waals surface area contributed by atoms with Crippen LogP contribution in [-0.4, -0.2) is 56.2 Å². The van der Waals surface area contributed by atoms with Crippen LogP contribution in [0, 0.1) is 6.92 Å². The first kappa shape index (κ1) is 20.8. The van der Waals surface area contributed by atoms with Crippen LogP contribution in [0.1, 0.15) is 11.3 Å². The number of hydrogen-bond donors (Lipinski definition) is 1. The summed E-state index contributed by atoms with van der Waals surface area (Å²) in [6.45, 7) is 6.27. The molecule has 1 aliphatic rings. The predicted molar refractivity (Wildman–Crippen MR) is 124 cm³/mol. The smallest absolute Gasteiger partial charge is 0.226 e. The molecule has 4 rings (SSSR count). The van der Waals surface area contributed by atoms with Gasteiger partial charge in [0.05, 0.1) is 19.3 Å². The van der Waals surface area contributed by atoms with E-state index in [-0.39, 0.29) is 0 Å². The summed E-state index contributed by atoms with van der Waals surface area (Å²) in [6.07, 6.45) is 1.70. The Morgan fingerprint density at radius 2 is 1.90 bits per heavy atom. The highest BCUT2D eigenvalue weighted by atomic mass is 16.5. The molecule has 0 amide bonds. The van der Waals surface area contributed by atoms with Crippen LogP contribution in [0.5, 0.6) is 5.75 Å². The van der Waals surface area contributed by atoms with Gasteiger partial charge < -0.3 is 24.3 Å². The third kappa shape index (κ3) is 4.99. The summed E-state index contributed by atoms with van der Waals surface area (Å²) in [5.74, 6) is 2.40. The van der Waals surface area contributed by atoms with E-state index in [4.69, 9.17) is 9.15 Å². The zero-order valence-corrected chi connectivity index (χ0v) is 18.3. The topological polar surface area (TPSA) is 66.1 Å². The molecule has 3 aromatic rings. The SMILES string of the molecule is CN=C(NCc1coc(-c2ccc(C)cc2)n1)N1CCN(c2cccc(OC)c2)CC1. The Morgan fingerprint density at radius 1 is 1.13 bits per heavy atom. The van der Waals surface area contributed by atoms with Crippen molar-refractivity contribution in [1.29, 1.82) is 0 Å². The maximum Gasteiger partial charge on any atom is 0.226 e. The number of rotatable bonds is 5. The lowest BCUT2D eigenvalue weighted by molar-refractivity contribution is 0.371. The molecule has 162 valence electrons. The fraction of sp³-hybridized carbons (Fsp3) is 0.333. The minimum Gasteiger partial charge on any atom is -0.497 e. The van der Waals surface area contributed by atoms with E-state index in [9.17, 15) is 0 Å². The predicted octanol–water partition coefficient (Wildman–Crippen LogP) is 3.56. The molecule has 0 bridgehead atoms. The first-order valence-electron chi connectivity index (χ1n) is 10.5. The molecule has 0 spiro atoms. The number of guanidine groups is 1. The maximum absolute atomic E-state index is 5.66. The lowest BCUT2D eigenvalue weighted by atomic mass is 10.1. The molecule has 1 aromatic heterocycles. The molecule has 7 nitrogen and oxygen atoms in total. The number of aromatic nitrogens is 1. The molecular weight excluding hydrogens is 390 g/mol. The van der Waals surface area contributed by atoms with Crippen LogP contribution in [0.2, 0.25) is 0 Å². The Hall–Kier alpha value is -3.48. The summed E-state index contributed by atoms with van der Waals surface area (Å²) in [5.41, 5.74) is 4.24. The minimum absolute atomic E-state index is 0.568. The van der Waals surface area contributed by atoms with Crippen molar-refractivity contribution in [2.24, 2.45) is 4.99 Å². The second kappa shape index (κ2) is 9.55. The number of hydrogen-bond acceptors (Lipinski definition) is 5. The Bertz CT molecular complexity index is 1020. The highest BCUT2D eigenvalue weighted by molar-refractivity contribution is 5.80. The summed E-state index contributed by atoms with van der Waals surface area (Å²) in [6, 6.07) is 16.4. The van der Waals surface area contributed by atoms with E-state index in [2.05, 4.69) is 56.3 Å². The number of ether oxygens (including phenoxy) is 1. The lowest BCUT2D eigenvalue weighted by Crippen LogP contribution is -2.52. The fourth-order valence-corrected chi connectivity index (χ4v) is 3.70. The third-order valence-electron chi connectivity index (χ3n) is 5.49. The summed E-state index contributed by atoms with van der Waals surface area (Å²) < 4.78 is 11.0. The molecule has 2 aromatic carbocycles. The van der Waals surface area contributed by atoms with Crippen molar-refractivity contribution >= 4 is 11.6 Å². The Morgan fingerprint density at radius 3 is 2.61 bits per heavy atom. The van der Waals surface area contributed by atoms with Gasteiger partial charge in [-0.2, -0.15) is 0 Å². The first-order valence-corrected chi connectivity index (χ1v) is 10.5. The number of aryl methyl sites for hydroxylation is 1. The number of nitrogens with zero attached hydrogens (tertiary/aromatic N) is 4. The van der Waals surface area contributed by atoms with Crippen LogP contribution in [0.4, 0.5) is 5.69 Å². The zero-order valence-electron chi connectivity index (χ0n) is 18.3. The third-order valence-corrected chi connectivity index (χ3v) is 5.49. The van der Waals surface area contributed by atoms with E-state index in [1.807, 2.05) is 31.3 Å². The van der Waals surface area contributed by atoms with Gasteiger partial charge in [0.1, 0.15) is 12.0 Å². The second-order valence-corrected chi connectivity index (χ2v) is 7.59. The number of piperazine rings is 1. The minimum atomic E-state index is 0.568. The molecule has 1 N–H and O–H groups in total. The van der Waals surface area contributed by atoms with Gasteiger partial charge in [0.25, 0.3) is 0 Å². The van der Waals surface area contributed by atoms with Crippen molar-refractivity contribution in [2.45, 2.75) is 13.5 Å². The van der Waals surface area contributed by atoms with Crippen molar-refractivity contribution in [3.63, 3.8) is 0 Å². The van der Waals surface area contributed by atoms with Gasteiger partial charge in [-0.3, -0.25) is 4.99 Å². The molecule has 0 aliphatic carbocycles. The molecule has 7 heteroatoms. The standard InChI is InChI=1S/C24H29N5O2/c1-18-7-9-19(10-8-18)23-27-20(17-31-23)16-26-24(25-2)29-13-11-28(12-14-29)21-5-4-6-22(15-21)30-3/h4-10,15,17H,11-14,16H2,1-3H3,(H,25,26). The van der Waals surface area contributed by atoms with E-state index >= 15 is 0 Å². The van der Waals surface area contributed by atoms with Gasteiger partial charge in [-0.05, 0) is 31.2 Å². The molecule has 1 saturated heterocycles. The van der Waals surface area contributed by atoms with Gasteiger partial charge in [-0.25, -0.2) is 4.98 Å². The second-order valence-electron chi connectivity index (χ2n) is 7.59. The monoisotopic (exact) mass is 419 g/mol. The number of benzene rings is 2. The summed E-state index contributed by atoms with van der Waals surface area (Å²) in [4.78, 5) is 13.7. The van der Waals surface area contributed by atoms with Crippen molar-refractivity contribution < 1.29 is 9.15 Å². The Balaban J connectivity index is 1.32. The Labute approximate surface area is 183 Å². The van der Waals surface area contributed by atoms with Crippen molar-refractivity contribution in [2.75, 3.05) is 45.2 Å². The molecule has 0 saturated carbocycles. The van der Waals surface area contributed by atoms with E-state index in [0.29, 0.717) is 12.4 Å². The molecule has 0 unspecified atom stereocenters. The number of nitrogens with one attached hydrogen (secondary N) is 1. The lowest BCUT2D eigenvalue weighted by Gasteiger charge is -2.37. The zero-order chi connectivity index (χ0) is 21.6. The van der Waals surface area contributed by atoms with Crippen LogP contribution < -0.4 is 15.0 Å². The summed E-state index contributed by atoms with van der Waals surface area (Å²) in [7, 11) is 3.52. The van der Waals surface area contributed by atoms with Gasteiger partial charge >= 0.3 is 0 Å². The first-order chi connectivity index (χ1) is 15.2. The van der Waals surface area contributed by atoms with Gasteiger partial charge in [0, 0.05) is 50.5 Å². The van der Waals surface area contributed by atoms with E-state index in [0.717, 1.165) is 49.1 Å². The Kier molecular flexibility index (Phi) is 6.40. The molecule has 1 aliphatic heterocycles. The van der Waals surface area contributed by atoms with E-state index < -0.39 is 0 Å². The van der Waals surface area contributed by atoms with Gasteiger partial charge in [0.15, 0.2) is 5.96 Å². The molecular formula is C24H29N5O2. The van der Waals surface area contributed by atoms with Crippen molar-refractivity contribution in [1.82, 2.24) is 15.2 Å². The average Bonchev–Trinajstić information content (AvgIpc) is 3.29. The van der Waals surface area contributed by atoms with Crippen LogP contribution in [0.25, 0.3) is 11.5 Å². The number of methoxy groups -OCH3 is 1. The average molecular weight is 420 g/mol. The molecule has 2 heterocycles. The fourth-order valence-electron chi connectivity index (χ4n) is 3.70. The summed E-state index contributed by atoms with van der Waals surface area (Å²) in [5, 5.41) is 3.42. The van der Waals surface area contributed by atoms with Crippen molar-refractivity contribution in [3.05, 3.63) is 66.1 Å². The molecule has 0 radical (unpaired) electrons. The van der Waals surface area contributed by atoms with Crippen molar-refractivity contribution in [3.8, 4) is 17.2 Å². The number of oxazole rings is 1. The molecule has 31 heavy (non-hydrogen) atoms. The number of aliphatic imine (C=N–C) groups is 1. The molecule has 1 fully saturated rings. The van der Waals surface area contributed by atoms with E-state index in [1.165, 1.54) is 11.3 Å². The van der Waals surface area contributed by atoms with E-state index in [1.54, 1.807) is 13.4 Å². The van der Waals surface area contributed by atoms with Gasteiger partial charge in [-0.1, -0.05) is 23.8 Å². The van der Waals surface area contributed by atoms with Crippen LogP contribution in [0.15, 0.2) is 64.2 Å².